The van der Waals surface area contributed by atoms with E-state index in [9.17, 15) is 21.6 Å². The summed E-state index contributed by atoms with van der Waals surface area (Å²) in [6.45, 7) is 2.26. The summed E-state index contributed by atoms with van der Waals surface area (Å²) in [6, 6.07) is 11.6. The third-order valence-electron chi connectivity index (χ3n) is 4.80. The maximum atomic E-state index is 12.7. The first-order valence-electron chi connectivity index (χ1n) is 9.42. The Morgan fingerprint density at radius 1 is 1.10 bits per heavy atom. The highest BCUT2D eigenvalue weighted by Crippen LogP contribution is 2.22. The number of carbonyl (C=O) groups is 1. The van der Waals surface area contributed by atoms with Crippen molar-refractivity contribution in [3.63, 3.8) is 0 Å². The number of amidine groups is 1. The van der Waals surface area contributed by atoms with Gasteiger partial charge >= 0.3 is 0 Å². The molecule has 1 aliphatic heterocycles. The second-order valence-corrected chi connectivity index (χ2v) is 10.7. The van der Waals surface area contributed by atoms with Gasteiger partial charge in [-0.1, -0.05) is 25.1 Å². The molecule has 30 heavy (non-hydrogen) atoms. The number of likely N-dealkylation sites (tertiary alicyclic amines) is 1. The van der Waals surface area contributed by atoms with Crippen LogP contribution in [0.15, 0.2) is 62.7 Å². The zero-order valence-corrected chi connectivity index (χ0v) is 18.3. The first-order valence-corrected chi connectivity index (χ1v) is 12.5. The molecule has 1 amide bonds. The lowest BCUT2D eigenvalue weighted by molar-refractivity contribution is 0.102. The lowest BCUT2D eigenvalue weighted by Crippen LogP contribution is -2.20. The summed E-state index contributed by atoms with van der Waals surface area (Å²) in [4.78, 5) is 14.4. The lowest BCUT2D eigenvalue weighted by Gasteiger charge is -2.12. The molecule has 0 aromatic heterocycles. The Labute approximate surface area is 176 Å². The molecule has 2 aromatic rings. The number of hydrogen-bond acceptors (Lipinski definition) is 5. The molecule has 0 saturated carbocycles. The van der Waals surface area contributed by atoms with E-state index in [4.69, 9.17) is 0 Å². The third kappa shape index (κ3) is 4.71. The molecular weight excluding hydrogens is 426 g/mol. The number of benzene rings is 2. The van der Waals surface area contributed by atoms with Gasteiger partial charge in [0.25, 0.3) is 15.9 Å². The van der Waals surface area contributed by atoms with Crippen LogP contribution in [-0.4, -0.2) is 52.8 Å². The van der Waals surface area contributed by atoms with E-state index >= 15 is 0 Å². The number of sulfone groups is 1. The second-order valence-electron chi connectivity index (χ2n) is 6.89. The molecule has 0 atom stereocenters. The van der Waals surface area contributed by atoms with Gasteiger partial charge in [0.05, 0.1) is 21.1 Å². The van der Waals surface area contributed by atoms with E-state index < -0.39 is 25.8 Å². The highest BCUT2D eigenvalue weighted by atomic mass is 32.2. The molecule has 0 spiro atoms. The summed E-state index contributed by atoms with van der Waals surface area (Å²) < 4.78 is 53.8. The van der Waals surface area contributed by atoms with E-state index in [1.54, 1.807) is 24.1 Å². The van der Waals surface area contributed by atoms with Crippen molar-refractivity contribution in [1.82, 2.24) is 4.90 Å². The Balaban J connectivity index is 1.89. The molecule has 0 unspecified atom stereocenters. The molecule has 1 N–H and O–H groups in total. The van der Waals surface area contributed by atoms with Crippen molar-refractivity contribution in [3.8, 4) is 0 Å². The van der Waals surface area contributed by atoms with E-state index in [1.807, 2.05) is 0 Å². The quantitative estimate of drug-likeness (QED) is 0.725. The van der Waals surface area contributed by atoms with Gasteiger partial charge in [0.1, 0.15) is 5.84 Å². The molecule has 2 aromatic carbocycles. The molecule has 10 heteroatoms. The highest BCUT2D eigenvalue weighted by molar-refractivity contribution is 7.91. The van der Waals surface area contributed by atoms with Crippen LogP contribution in [0, 0.1) is 0 Å². The molecule has 1 saturated heterocycles. The predicted molar refractivity (Wildman–Crippen MR) is 115 cm³/mol. The van der Waals surface area contributed by atoms with Gasteiger partial charge in [-0.2, -0.15) is 8.42 Å². The fraction of sp³-hybridized carbons (Fsp3) is 0.300. The van der Waals surface area contributed by atoms with Gasteiger partial charge in [0.2, 0.25) is 0 Å². The zero-order chi connectivity index (χ0) is 21.9. The third-order valence-corrected chi connectivity index (χ3v) is 7.88. The number of anilines is 1. The van der Waals surface area contributed by atoms with Gasteiger partial charge in [0.15, 0.2) is 9.84 Å². The van der Waals surface area contributed by atoms with Crippen LogP contribution >= 0.6 is 0 Å². The average Bonchev–Trinajstić information content (AvgIpc) is 3.12. The molecule has 0 aliphatic carbocycles. The number of rotatable bonds is 6. The van der Waals surface area contributed by atoms with Gasteiger partial charge in [-0.15, -0.1) is 4.40 Å². The number of carbonyl (C=O) groups excluding carboxylic acids is 1. The Morgan fingerprint density at radius 2 is 1.83 bits per heavy atom. The van der Waals surface area contributed by atoms with Gasteiger partial charge < -0.3 is 10.2 Å². The van der Waals surface area contributed by atoms with Crippen molar-refractivity contribution in [2.75, 3.05) is 24.7 Å². The van der Waals surface area contributed by atoms with E-state index in [-0.39, 0.29) is 26.8 Å². The molecule has 0 radical (unpaired) electrons. The topological polar surface area (TPSA) is 113 Å². The number of nitrogens with one attached hydrogen (secondary N) is 1. The number of nitrogens with zero attached hydrogens (tertiary/aromatic N) is 2. The first kappa shape index (κ1) is 22.0. The van der Waals surface area contributed by atoms with Gasteiger partial charge in [-0.3, -0.25) is 4.79 Å². The van der Waals surface area contributed by atoms with Crippen LogP contribution < -0.4 is 5.32 Å². The van der Waals surface area contributed by atoms with Crippen LogP contribution in [0.2, 0.25) is 0 Å². The average molecular weight is 450 g/mol. The van der Waals surface area contributed by atoms with E-state index in [2.05, 4.69) is 9.71 Å². The van der Waals surface area contributed by atoms with Crippen molar-refractivity contribution in [2.45, 2.75) is 29.6 Å². The van der Waals surface area contributed by atoms with Crippen molar-refractivity contribution in [2.24, 2.45) is 4.40 Å². The molecule has 160 valence electrons. The van der Waals surface area contributed by atoms with Gasteiger partial charge in [0, 0.05) is 25.7 Å². The fourth-order valence-electron chi connectivity index (χ4n) is 3.11. The Hall–Kier alpha value is -2.72. The molecule has 0 bridgehead atoms. The summed E-state index contributed by atoms with van der Waals surface area (Å²) in [7, 11) is -5.74. The van der Waals surface area contributed by atoms with Gasteiger partial charge in [-0.05, 0) is 36.8 Å². The van der Waals surface area contributed by atoms with E-state index in [0.29, 0.717) is 12.3 Å². The maximum Gasteiger partial charge on any atom is 0.284 e. The number of hydrogen-bond donors (Lipinski definition) is 1. The first-order chi connectivity index (χ1) is 14.1. The molecule has 1 fully saturated rings. The molecule has 1 aliphatic rings. The predicted octanol–water partition coefficient (Wildman–Crippen LogP) is 2.55. The molecular formula is C20H23N3O5S2. The summed E-state index contributed by atoms with van der Waals surface area (Å²) in [5.41, 5.74) is 0.227. The monoisotopic (exact) mass is 449 g/mol. The maximum absolute atomic E-state index is 12.7. The number of amides is 1. The molecule has 8 nitrogen and oxygen atoms in total. The summed E-state index contributed by atoms with van der Waals surface area (Å²) in [5.74, 6) is -0.276. The molecule has 3 rings (SSSR count). The minimum Gasteiger partial charge on any atom is -0.362 e. The summed E-state index contributed by atoms with van der Waals surface area (Å²) >= 11 is 0. The standard InChI is InChI=1S/C20H23N3O5S2/c1-3-29(25,26)18-11-5-4-10-17(18)20(24)21-15-8-6-9-16(14-15)30(27,28)22-19-12-7-13-23(19)2/h4-6,8-11,14H,3,7,12-13H2,1-2H3,(H,21,24)/b22-19-. The van der Waals surface area contributed by atoms with Crippen LogP contribution in [0.4, 0.5) is 5.69 Å². The summed E-state index contributed by atoms with van der Waals surface area (Å²) in [6.07, 6.45) is 1.44. The Morgan fingerprint density at radius 3 is 2.50 bits per heavy atom. The van der Waals surface area contributed by atoms with Crippen LogP contribution in [0.1, 0.15) is 30.1 Å². The highest BCUT2D eigenvalue weighted by Gasteiger charge is 2.22. The zero-order valence-electron chi connectivity index (χ0n) is 16.7. The smallest absolute Gasteiger partial charge is 0.284 e. The minimum absolute atomic E-state index is 0.000402. The van der Waals surface area contributed by atoms with Crippen LogP contribution in [0.25, 0.3) is 0 Å². The molecule has 1 heterocycles. The number of sulfonamides is 1. The Bertz CT molecular complexity index is 1200. The van der Waals surface area contributed by atoms with Crippen LogP contribution in [0.5, 0.6) is 0 Å². The normalized spacial score (nSPS) is 16.1. The second kappa shape index (κ2) is 8.57. The van der Waals surface area contributed by atoms with Crippen LogP contribution in [0.3, 0.4) is 0 Å². The van der Waals surface area contributed by atoms with Gasteiger partial charge in [-0.25, -0.2) is 8.42 Å². The largest absolute Gasteiger partial charge is 0.362 e. The van der Waals surface area contributed by atoms with Crippen molar-refractivity contribution < 1.29 is 21.6 Å². The van der Waals surface area contributed by atoms with E-state index in [0.717, 1.165) is 13.0 Å². The SMILES string of the molecule is CCS(=O)(=O)c1ccccc1C(=O)Nc1cccc(S(=O)(=O)/N=C2/CCCN2C)c1. The summed E-state index contributed by atoms with van der Waals surface area (Å²) in [5, 5.41) is 2.58. The fourth-order valence-corrected chi connectivity index (χ4v) is 5.35. The van der Waals surface area contributed by atoms with Crippen LogP contribution in [-0.2, 0) is 19.9 Å². The van der Waals surface area contributed by atoms with Crippen molar-refractivity contribution >= 4 is 37.3 Å². The minimum atomic E-state index is -3.94. The Kier molecular flexibility index (Phi) is 6.27. The van der Waals surface area contributed by atoms with E-state index in [1.165, 1.54) is 43.3 Å². The lowest BCUT2D eigenvalue weighted by atomic mass is 10.2. The van der Waals surface area contributed by atoms with Crippen molar-refractivity contribution in [1.29, 1.82) is 0 Å². The van der Waals surface area contributed by atoms with Crippen molar-refractivity contribution in [3.05, 3.63) is 54.1 Å².